The zero-order valence-electron chi connectivity index (χ0n) is 15.5. The summed E-state index contributed by atoms with van der Waals surface area (Å²) in [7, 11) is 0. The molecule has 0 aliphatic carbocycles. The van der Waals surface area contributed by atoms with Crippen LogP contribution in [0.4, 0.5) is 5.69 Å². The van der Waals surface area contributed by atoms with Gasteiger partial charge < -0.3 is 11.1 Å². The molecule has 1 aliphatic heterocycles. The van der Waals surface area contributed by atoms with E-state index < -0.39 is 0 Å². The lowest BCUT2D eigenvalue weighted by molar-refractivity contribution is -0.123. The van der Waals surface area contributed by atoms with Crippen molar-refractivity contribution in [2.75, 3.05) is 18.4 Å². The Morgan fingerprint density at radius 1 is 1.19 bits per heavy atom. The molecule has 144 valence electrons. The number of primary amides is 1. The first kappa shape index (κ1) is 19.6. The number of hydrogen-bond acceptors (Lipinski definition) is 4. The number of nitrogens with two attached hydrogens (primary N) is 1. The van der Waals surface area contributed by atoms with E-state index in [0.717, 1.165) is 51.0 Å². The van der Waals surface area contributed by atoms with Crippen molar-refractivity contribution in [3.05, 3.63) is 52.2 Å². The average Bonchev–Trinajstić information content (AvgIpc) is 3.16. The van der Waals surface area contributed by atoms with Crippen LogP contribution in [-0.2, 0) is 22.6 Å². The number of carbonyl (C=O) groups excluding carboxylic acids is 2. The molecule has 0 spiro atoms. The Bertz CT molecular complexity index is 753. The fraction of sp³-hybridized carbons (Fsp3) is 0.429. The van der Waals surface area contributed by atoms with Gasteiger partial charge in [-0.1, -0.05) is 18.2 Å². The molecule has 5 nitrogen and oxygen atoms in total. The molecule has 2 aromatic rings. The number of amides is 2. The first-order valence-electron chi connectivity index (χ1n) is 9.53. The Morgan fingerprint density at radius 2 is 2.00 bits per heavy atom. The maximum absolute atomic E-state index is 12.2. The summed E-state index contributed by atoms with van der Waals surface area (Å²) in [5, 5.41) is 5.07. The molecule has 0 unspecified atom stereocenters. The number of thiophene rings is 1. The normalized spacial score (nSPS) is 15.6. The van der Waals surface area contributed by atoms with Crippen LogP contribution in [0, 0.1) is 5.92 Å². The Morgan fingerprint density at radius 3 is 2.70 bits per heavy atom. The van der Waals surface area contributed by atoms with Crippen molar-refractivity contribution in [1.29, 1.82) is 0 Å². The van der Waals surface area contributed by atoms with E-state index in [1.807, 2.05) is 24.3 Å². The molecule has 27 heavy (non-hydrogen) atoms. The van der Waals surface area contributed by atoms with Gasteiger partial charge in [-0.25, -0.2) is 0 Å². The number of rotatable bonds is 8. The van der Waals surface area contributed by atoms with E-state index in [2.05, 4.69) is 27.7 Å². The summed E-state index contributed by atoms with van der Waals surface area (Å²) in [4.78, 5) is 27.1. The van der Waals surface area contributed by atoms with Crippen LogP contribution in [0.5, 0.6) is 0 Å². The van der Waals surface area contributed by atoms with Gasteiger partial charge in [0.25, 0.3) is 0 Å². The summed E-state index contributed by atoms with van der Waals surface area (Å²) < 4.78 is 0. The lowest BCUT2D eigenvalue weighted by atomic mass is 9.96. The lowest BCUT2D eigenvalue weighted by Crippen LogP contribution is -2.38. The number of carbonyl (C=O) groups is 2. The topological polar surface area (TPSA) is 75.4 Å². The van der Waals surface area contributed by atoms with Crippen molar-refractivity contribution in [3.63, 3.8) is 0 Å². The molecule has 1 aliphatic rings. The lowest BCUT2D eigenvalue weighted by Gasteiger charge is -2.30. The summed E-state index contributed by atoms with van der Waals surface area (Å²) >= 11 is 1.74. The van der Waals surface area contributed by atoms with Crippen LogP contribution < -0.4 is 11.1 Å². The van der Waals surface area contributed by atoms with E-state index in [0.29, 0.717) is 6.42 Å². The van der Waals surface area contributed by atoms with Crippen molar-refractivity contribution in [2.45, 2.75) is 38.6 Å². The zero-order valence-corrected chi connectivity index (χ0v) is 16.3. The van der Waals surface area contributed by atoms with Crippen LogP contribution in [0.15, 0.2) is 41.8 Å². The van der Waals surface area contributed by atoms with E-state index in [4.69, 9.17) is 5.73 Å². The van der Waals surface area contributed by atoms with Crippen molar-refractivity contribution >= 4 is 28.8 Å². The van der Waals surface area contributed by atoms with E-state index in [-0.39, 0.29) is 17.7 Å². The van der Waals surface area contributed by atoms with Crippen LogP contribution in [0.1, 0.15) is 36.1 Å². The minimum Gasteiger partial charge on any atom is -0.369 e. The first-order chi connectivity index (χ1) is 13.1. The van der Waals surface area contributed by atoms with Crippen molar-refractivity contribution in [3.8, 4) is 0 Å². The molecule has 1 aromatic heterocycles. The Balaban J connectivity index is 1.44. The van der Waals surface area contributed by atoms with Crippen LogP contribution in [0.25, 0.3) is 0 Å². The summed E-state index contributed by atoms with van der Waals surface area (Å²) in [5.74, 6) is -0.106. The molecule has 0 bridgehead atoms. The van der Waals surface area contributed by atoms with Crippen molar-refractivity contribution in [2.24, 2.45) is 11.7 Å². The van der Waals surface area contributed by atoms with E-state index in [9.17, 15) is 9.59 Å². The largest absolute Gasteiger partial charge is 0.369 e. The molecule has 1 saturated heterocycles. The van der Waals surface area contributed by atoms with E-state index in [1.165, 1.54) is 10.4 Å². The Hall–Kier alpha value is -2.18. The number of anilines is 1. The van der Waals surface area contributed by atoms with Crippen molar-refractivity contribution in [1.82, 2.24) is 4.90 Å². The molecule has 1 aromatic carbocycles. The van der Waals surface area contributed by atoms with Gasteiger partial charge in [0, 0.05) is 29.4 Å². The first-order valence-corrected chi connectivity index (χ1v) is 10.4. The summed E-state index contributed by atoms with van der Waals surface area (Å²) in [6.45, 7) is 2.59. The standard InChI is InChI=1S/C21H27N3O2S/c22-21(26)17-9-11-24(12-10-17)15-16-4-1-5-18(14-16)23-20(25)8-2-6-19-7-3-13-27-19/h1,3-5,7,13-14,17H,2,6,8-12,15H2,(H2,22,26)(H,23,25). The molecular weight excluding hydrogens is 358 g/mol. The van der Waals surface area contributed by atoms with Gasteiger partial charge in [0.1, 0.15) is 0 Å². The number of nitrogens with one attached hydrogen (secondary N) is 1. The van der Waals surface area contributed by atoms with Gasteiger partial charge in [-0.3, -0.25) is 14.5 Å². The number of benzene rings is 1. The van der Waals surface area contributed by atoms with Crippen LogP contribution in [0.3, 0.4) is 0 Å². The van der Waals surface area contributed by atoms with Gasteiger partial charge in [0.2, 0.25) is 11.8 Å². The fourth-order valence-corrected chi connectivity index (χ4v) is 4.23. The molecule has 0 radical (unpaired) electrons. The summed E-state index contributed by atoms with van der Waals surface area (Å²) in [6, 6.07) is 12.2. The Kier molecular flexibility index (Phi) is 7.01. The molecule has 3 rings (SSSR count). The highest BCUT2D eigenvalue weighted by Crippen LogP contribution is 2.20. The predicted octanol–water partition coefficient (Wildman–Crippen LogP) is 3.41. The quantitative estimate of drug-likeness (QED) is 0.731. The summed E-state index contributed by atoms with van der Waals surface area (Å²) in [5.41, 5.74) is 7.41. The molecule has 0 saturated carbocycles. The van der Waals surface area contributed by atoms with Gasteiger partial charge in [-0.05, 0) is 67.9 Å². The third-order valence-corrected chi connectivity index (χ3v) is 5.95. The monoisotopic (exact) mass is 385 g/mol. The maximum Gasteiger partial charge on any atom is 0.224 e. The van der Waals surface area contributed by atoms with Crippen LogP contribution in [-0.4, -0.2) is 29.8 Å². The second-order valence-electron chi connectivity index (χ2n) is 7.13. The third-order valence-electron chi connectivity index (χ3n) is 5.01. The maximum atomic E-state index is 12.2. The zero-order chi connectivity index (χ0) is 19.1. The SMILES string of the molecule is NC(=O)C1CCN(Cc2cccc(NC(=O)CCCc3cccs3)c2)CC1. The number of nitrogens with zero attached hydrogens (tertiary/aromatic N) is 1. The molecule has 1 fully saturated rings. The number of aryl methyl sites for hydroxylation is 1. The summed E-state index contributed by atoms with van der Waals surface area (Å²) in [6.07, 6.45) is 4.00. The van der Waals surface area contributed by atoms with Gasteiger partial charge in [-0.2, -0.15) is 0 Å². The molecule has 0 atom stereocenters. The molecule has 2 amide bonds. The highest BCUT2D eigenvalue weighted by atomic mass is 32.1. The number of hydrogen-bond donors (Lipinski definition) is 2. The predicted molar refractivity (Wildman–Crippen MR) is 110 cm³/mol. The highest BCUT2D eigenvalue weighted by molar-refractivity contribution is 7.09. The van der Waals surface area contributed by atoms with Gasteiger partial charge in [0.05, 0.1) is 0 Å². The number of likely N-dealkylation sites (tertiary alicyclic amines) is 1. The molecule has 2 heterocycles. The van der Waals surface area contributed by atoms with Crippen LogP contribution in [0.2, 0.25) is 0 Å². The van der Waals surface area contributed by atoms with Crippen molar-refractivity contribution < 1.29 is 9.59 Å². The minimum atomic E-state index is -0.182. The number of piperidine rings is 1. The van der Waals surface area contributed by atoms with Gasteiger partial charge >= 0.3 is 0 Å². The second-order valence-corrected chi connectivity index (χ2v) is 8.17. The third kappa shape index (κ3) is 6.19. The van der Waals surface area contributed by atoms with Crippen LogP contribution >= 0.6 is 11.3 Å². The fourth-order valence-electron chi connectivity index (χ4n) is 3.48. The second kappa shape index (κ2) is 9.67. The molecular formula is C21H27N3O2S. The average molecular weight is 386 g/mol. The van der Waals surface area contributed by atoms with E-state index >= 15 is 0 Å². The molecule has 6 heteroatoms. The Labute approximate surface area is 164 Å². The highest BCUT2D eigenvalue weighted by Gasteiger charge is 2.22. The molecule has 3 N–H and O–H groups in total. The van der Waals surface area contributed by atoms with Gasteiger partial charge in [0.15, 0.2) is 0 Å². The van der Waals surface area contributed by atoms with E-state index in [1.54, 1.807) is 11.3 Å². The minimum absolute atomic E-state index is 0.0149. The smallest absolute Gasteiger partial charge is 0.224 e. The van der Waals surface area contributed by atoms with Gasteiger partial charge in [-0.15, -0.1) is 11.3 Å².